The van der Waals surface area contributed by atoms with Gasteiger partial charge in [-0.3, -0.25) is 0 Å². The number of anilines is 1. The third-order valence-electron chi connectivity index (χ3n) is 3.45. The zero-order valence-electron chi connectivity index (χ0n) is 12.4. The molecule has 1 aliphatic carbocycles. The lowest BCUT2D eigenvalue weighted by molar-refractivity contribution is 0.131. The maximum atomic E-state index is 6.17. The topological polar surface area (TPSA) is 47.0 Å². The van der Waals surface area contributed by atoms with Gasteiger partial charge in [0, 0.05) is 31.2 Å². The summed E-state index contributed by atoms with van der Waals surface area (Å²) in [4.78, 5) is 8.96. The largest absolute Gasteiger partial charge is 0.381 e. The molecule has 1 aromatic rings. The van der Waals surface area contributed by atoms with Crippen LogP contribution in [0.15, 0.2) is 0 Å². The number of aromatic nitrogens is 2. The molecule has 0 spiro atoms. The third-order valence-corrected chi connectivity index (χ3v) is 3.81. The van der Waals surface area contributed by atoms with Crippen LogP contribution in [-0.2, 0) is 4.74 Å². The molecule has 0 bridgehead atoms. The first-order valence-corrected chi connectivity index (χ1v) is 7.95. The highest BCUT2D eigenvalue weighted by Gasteiger charge is 2.27. The Morgan fingerprint density at radius 1 is 1.25 bits per heavy atom. The molecule has 5 heteroatoms. The third kappa shape index (κ3) is 4.60. The number of unbranched alkanes of at least 4 members (excludes halogenated alkanes) is 1. The van der Waals surface area contributed by atoms with E-state index in [1.165, 1.54) is 19.3 Å². The molecule has 1 saturated carbocycles. The van der Waals surface area contributed by atoms with Crippen LogP contribution in [0.3, 0.4) is 0 Å². The quantitative estimate of drug-likeness (QED) is 0.554. The Balaban J connectivity index is 1.77. The second-order valence-electron chi connectivity index (χ2n) is 5.37. The van der Waals surface area contributed by atoms with Crippen molar-refractivity contribution in [2.75, 3.05) is 25.1 Å². The highest BCUT2D eigenvalue weighted by Crippen LogP contribution is 2.39. The van der Waals surface area contributed by atoms with E-state index in [0.717, 1.165) is 49.8 Å². The van der Waals surface area contributed by atoms with E-state index in [4.69, 9.17) is 16.3 Å². The molecule has 2 rings (SSSR count). The van der Waals surface area contributed by atoms with Gasteiger partial charge in [-0.15, -0.1) is 0 Å². The molecule has 1 N–H and O–H groups in total. The lowest BCUT2D eigenvalue weighted by Crippen LogP contribution is -2.10. The summed E-state index contributed by atoms with van der Waals surface area (Å²) in [6.45, 7) is 6.63. The fraction of sp³-hybridized carbons (Fsp3) is 0.733. The Morgan fingerprint density at radius 2 is 2.00 bits per heavy atom. The van der Waals surface area contributed by atoms with Gasteiger partial charge in [-0.05, 0) is 32.6 Å². The minimum atomic E-state index is 0.519. The summed E-state index contributed by atoms with van der Waals surface area (Å²) in [5.41, 5.74) is 0.933. The fourth-order valence-electron chi connectivity index (χ4n) is 1.93. The molecule has 0 aliphatic heterocycles. The molecule has 1 aromatic heterocycles. The van der Waals surface area contributed by atoms with Crippen molar-refractivity contribution in [1.82, 2.24) is 9.97 Å². The first kappa shape index (κ1) is 15.5. The van der Waals surface area contributed by atoms with Crippen molar-refractivity contribution in [3.63, 3.8) is 0 Å². The van der Waals surface area contributed by atoms with E-state index in [-0.39, 0.29) is 0 Å². The van der Waals surface area contributed by atoms with Crippen molar-refractivity contribution >= 4 is 17.4 Å². The van der Waals surface area contributed by atoms with Gasteiger partial charge in [-0.1, -0.05) is 24.9 Å². The summed E-state index contributed by atoms with van der Waals surface area (Å²) in [7, 11) is 0. The molecule has 0 amide bonds. The molecule has 0 unspecified atom stereocenters. The number of hydrogen-bond donors (Lipinski definition) is 1. The zero-order valence-corrected chi connectivity index (χ0v) is 13.2. The summed E-state index contributed by atoms with van der Waals surface area (Å²) >= 11 is 6.17. The highest BCUT2D eigenvalue weighted by molar-refractivity contribution is 6.30. The van der Waals surface area contributed by atoms with E-state index in [2.05, 4.69) is 22.2 Å². The van der Waals surface area contributed by atoms with Crippen LogP contribution in [-0.4, -0.2) is 29.7 Å². The van der Waals surface area contributed by atoms with Gasteiger partial charge in [0.15, 0.2) is 0 Å². The summed E-state index contributed by atoms with van der Waals surface area (Å²) < 4.78 is 5.54. The maximum absolute atomic E-state index is 6.17. The molecule has 0 radical (unpaired) electrons. The van der Waals surface area contributed by atoms with E-state index in [9.17, 15) is 0 Å². The minimum Gasteiger partial charge on any atom is -0.381 e. The monoisotopic (exact) mass is 297 g/mol. The molecular formula is C15H24ClN3O. The summed E-state index contributed by atoms with van der Waals surface area (Å²) in [5, 5.41) is 3.92. The average Bonchev–Trinajstić information content (AvgIpc) is 3.26. The summed E-state index contributed by atoms with van der Waals surface area (Å²) in [5.74, 6) is 2.29. The highest BCUT2D eigenvalue weighted by atomic mass is 35.5. The van der Waals surface area contributed by atoms with Gasteiger partial charge in [0.1, 0.15) is 16.8 Å². The Morgan fingerprint density at radius 3 is 2.70 bits per heavy atom. The lowest BCUT2D eigenvalue weighted by atomic mass is 10.3. The Kier molecular flexibility index (Phi) is 6.05. The average molecular weight is 298 g/mol. The number of rotatable bonds is 9. The van der Waals surface area contributed by atoms with Crippen molar-refractivity contribution in [2.45, 2.75) is 51.9 Å². The van der Waals surface area contributed by atoms with E-state index >= 15 is 0 Å². The second kappa shape index (κ2) is 7.79. The van der Waals surface area contributed by atoms with Gasteiger partial charge in [0.05, 0.1) is 0 Å². The standard InChI is InChI=1S/C15H24ClN3O/c1-3-4-9-20-10-5-8-17-14-11(2)13(16)18-15(19-14)12-6-7-12/h12H,3-10H2,1-2H3,(H,17,18,19). The summed E-state index contributed by atoms with van der Waals surface area (Å²) in [6.07, 6.45) is 5.66. The molecular weight excluding hydrogens is 274 g/mol. The van der Waals surface area contributed by atoms with Crippen LogP contribution in [0.4, 0.5) is 5.82 Å². The molecule has 0 atom stereocenters. The van der Waals surface area contributed by atoms with Gasteiger partial charge in [-0.25, -0.2) is 9.97 Å². The first-order valence-electron chi connectivity index (χ1n) is 7.58. The molecule has 4 nitrogen and oxygen atoms in total. The van der Waals surface area contributed by atoms with Crippen LogP contribution in [0, 0.1) is 6.92 Å². The van der Waals surface area contributed by atoms with Crippen LogP contribution in [0.25, 0.3) is 0 Å². The van der Waals surface area contributed by atoms with E-state index in [0.29, 0.717) is 11.1 Å². The molecule has 1 aliphatic rings. The minimum absolute atomic E-state index is 0.519. The number of halogens is 1. The van der Waals surface area contributed by atoms with Crippen molar-refractivity contribution < 1.29 is 4.74 Å². The van der Waals surface area contributed by atoms with Crippen molar-refractivity contribution in [3.05, 3.63) is 16.5 Å². The van der Waals surface area contributed by atoms with Gasteiger partial charge in [0.2, 0.25) is 0 Å². The van der Waals surface area contributed by atoms with Crippen LogP contribution in [0.5, 0.6) is 0 Å². The van der Waals surface area contributed by atoms with Crippen molar-refractivity contribution in [1.29, 1.82) is 0 Å². The van der Waals surface area contributed by atoms with Crippen LogP contribution >= 0.6 is 11.6 Å². The van der Waals surface area contributed by atoms with Gasteiger partial charge in [0.25, 0.3) is 0 Å². The Bertz CT molecular complexity index is 435. The summed E-state index contributed by atoms with van der Waals surface area (Å²) in [6, 6.07) is 0. The van der Waals surface area contributed by atoms with Gasteiger partial charge < -0.3 is 10.1 Å². The lowest BCUT2D eigenvalue weighted by Gasteiger charge is -2.11. The van der Waals surface area contributed by atoms with E-state index in [1.807, 2.05) is 6.92 Å². The number of nitrogens with zero attached hydrogens (tertiary/aromatic N) is 2. The number of hydrogen-bond acceptors (Lipinski definition) is 4. The molecule has 1 heterocycles. The molecule has 0 aromatic carbocycles. The van der Waals surface area contributed by atoms with E-state index in [1.54, 1.807) is 0 Å². The SMILES string of the molecule is CCCCOCCCNc1nc(C2CC2)nc(Cl)c1C. The van der Waals surface area contributed by atoms with Crippen molar-refractivity contribution in [3.8, 4) is 0 Å². The predicted octanol–water partition coefficient (Wildman–Crippen LogP) is 3.93. The smallest absolute Gasteiger partial charge is 0.137 e. The van der Waals surface area contributed by atoms with Crippen LogP contribution in [0.1, 0.15) is 56.3 Å². The van der Waals surface area contributed by atoms with Crippen LogP contribution in [0.2, 0.25) is 5.15 Å². The van der Waals surface area contributed by atoms with Crippen molar-refractivity contribution in [2.24, 2.45) is 0 Å². The normalized spacial score (nSPS) is 14.6. The number of nitrogens with one attached hydrogen (secondary N) is 1. The van der Waals surface area contributed by atoms with Gasteiger partial charge in [-0.2, -0.15) is 0 Å². The maximum Gasteiger partial charge on any atom is 0.137 e. The fourth-order valence-corrected chi connectivity index (χ4v) is 2.11. The number of ether oxygens (including phenoxy) is 1. The molecule has 20 heavy (non-hydrogen) atoms. The Labute approximate surface area is 126 Å². The second-order valence-corrected chi connectivity index (χ2v) is 5.72. The van der Waals surface area contributed by atoms with Gasteiger partial charge >= 0.3 is 0 Å². The van der Waals surface area contributed by atoms with E-state index < -0.39 is 0 Å². The first-order chi connectivity index (χ1) is 9.72. The van der Waals surface area contributed by atoms with Crippen LogP contribution < -0.4 is 5.32 Å². The predicted molar refractivity (Wildman–Crippen MR) is 82.6 cm³/mol. The molecule has 1 fully saturated rings. The Hall–Kier alpha value is -0.870. The zero-order chi connectivity index (χ0) is 14.4. The molecule has 0 saturated heterocycles. The molecule has 112 valence electrons.